The lowest BCUT2D eigenvalue weighted by Crippen LogP contribution is -2.30. The monoisotopic (exact) mass is 185 g/mol. The van der Waals surface area contributed by atoms with Gasteiger partial charge in [0.15, 0.2) is 0 Å². The number of amides is 1. The average molecular weight is 185 g/mol. The van der Waals surface area contributed by atoms with E-state index in [1.807, 2.05) is 0 Å². The summed E-state index contributed by atoms with van der Waals surface area (Å²) < 4.78 is 0. The molecule has 1 aliphatic carbocycles. The van der Waals surface area contributed by atoms with E-state index >= 15 is 0 Å². The maximum atomic E-state index is 10.7. The van der Waals surface area contributed by atoms with Crippen LogP contribution < -0.4 is 5.32 Å². The summed E-state index contributed by atoms with van der Waals surface area (Å²) in [4.78, 5) is 10.7. The van der Waals surface area contributed by atoms with E-state index < -0.39 is 0 Å². The van der Waals surface area contributed by atoms with E-state index in [9.17, 15) is 4.79 Å². The third-order valence-corrected chi connectivity index (χ3v) is 2.79. The second-order valence-corrected chi connectivity index (χ2v) is 4.02. The topological polar surface area (TPSA) is 49.3 Å². The van der Waals surface area contributed by atoms with Crippen molar-refractivity contribution in [1.29, 1.82) is 0 Å². The largest absolute Gasteiger partial charge is 0.396 e. The Bertz CT molecular complexity index is 170. The van der Waals surface area contributed by atoms with Crippen LogP contribution in [0.5, 0.6) is 0 Å². The minimum atomic E-state index is 0.0473. The molecule has 0 spiro atoms. The highest BCUT2D eigenvalue weighted by Gasteiger charge is 2.21. The number of hydrogen-bond acceptors (Lipinski definition) is 2. The van der Waals surface area contributed by atoms with Gasteiger partial charge in [-0.05, 0) is 31.1 Å². The summed E-state index contributed by atoms with van der Waals surface area (Å²) in [6, 6.07) is 0. The Hall–Kier alpha value is -0.570. The Labute approximate surface area is 79.5 Å². The third kappa shape index (κ3) is 3.77. The molecule has 2 atom stereocenters. The van der Waals surface area contributed by atoms with Crippen molar-refractivity contribution in [1.82, 2.24) is 5.32 Å². The van der Waals surface area contributed by atoms with Gasteiger partial charge in [0.05, 0.1) is 0 Å². The van der Waals surface area contributed by atoms with Crippen LogP contribution in [-0.2, 0) is 4.79 Å². The first-order valence-electron chi connectivity index (χ1n) is 5.07. The molecule has 3 nitrogen and oxygen atoms in total. The normalized spacial score (nSPS) is 28.5. The Morgan fingerprint density at radius 1 is 1.46 bits per heavy atom. The van der Waals surface area contributed by atoms with Gasteiger partial charge in [-0.3, -0.25) is 4.79 Å². The summed E-state index contributed by atoms with van der Waals surface area (Å²) >= 11 is 0. The molecule has 1 aliphatic rings. The predicted molar refractivity (Wildman–Crippen MR) is 51.2 cm³/mol. The van der Waals surface area contributed by atoms with Crippen molar-refractivity contribution >= 4 is 5.91 Å². The second kappa shape index (κ2) is 5.22. The smallest absolute Gasteiger partial charge is 0.216 e. The first-order chi connectivity index (χ1) is 6.22. The number of aliphatic hydroxyl groups excluding tert-OH is 1. The highest BCUT2D eigenvalue weighted by molar-refractivity contribution is 5.72. The molecular weight excluding hydrogens is 166 g/mol. The maximum absolute atomic E-state index is 10.7. The Kier molecular flexibility index (Phi) is 4.22. The summed E-state index contributed by atoms with van der Waals surface area (Å²) in [6.07, 6.45) is 4.59. The van der Waals surface area contributed by atoms with Crippen LogP contribution in [0.1, 0.15) is 32.6 Å². The van der Waals surface area contributed by atoms with E-state index in [0.717, 1.165) is 19.4 Å². The molecule has 3 heteroatoms. The van der Waals surface area contributed by atoms with Crippen LogP contribution in [0, 0.1) is 11.8 Å². The molecule has 1 rings (SSSR count). The Morgan fingerprint density at radius 3 is 2.77 bits per heavy atom. The van der Waals surface area contributed by atoms with Gasteiger partial charge in [0.2, 0.25) is 5.91 Å². The van der Waals surface area contributed by atoms with Gasteiger partial charge < -0.3 is 10.4 Å². The van der Waals surface area contributed by atoms with Crippen LogP contribution in [-0.4, -0.2) is 24.2 Å². The molecule has 2 unspecified atom stereocenters. The summed E-state index contributed by atoms with van der Waals surface area (Å²) in [6.45, 7) is 2.63. The van der Waals surface area contributed by atoms with Crippen LogP contribution in [0.15, 0.2) is 0 Å². The van der Waals surface area contributed by atoms with Gasteiger partial charge in [-0.1, -0.05) is 6.42 Å². The van der Waals surface area contributed by atoms with Crippen molar-refractivity contribution in [2.24, 2.45) is 11.8 Å². The van der Waals surface area contributed by atoms with Crippen molar-refractivity contribution in [2.45, 2.75) is 32.6 Å². The van der Waals surface area contributed by atoms with Gasteiger partial charge in [0.25, 0.3) is 0 Å². The standard InChI is InChI=1S/C10H19NO2/c1-8(13)11-6-9-3-2-4-10(5-9)7-12/h9-10,12H,2-7H2,1H3,(H,11,13). The van der Waals surface area contributed by atoms with Gasteiger partial charge in [0.1, 0.15) is 0 Å². The average Bonchev–Trinajstić information content (AvgIpc) is 2.15. The van der Waals surface area contributed by atoms with Crippen molar-refractivity contribution in [3.05, 3.63) is 0 Å². The maximum Gasteiger partial charge on any atom is 0.216 e. The lowest BCUT2D eigenvalue weighted by Gasteiger charge is -2.27. The van der Waals surface area contributed by atoms with Crippen LogP contribution in [0.25, 0.3) is 0 Å². The molecule has 2 N–H and O–H groups in total. The zero-order valence-corrected chi connectivity index (χ0v) is 8.25. The van der Waals surface area contributed by atoms with E-state index in [1.165, 1.54) is 12.8 Å². The van der Waals surface area contributed by atoms with Crippen LogP contribution in [0.3, 0.4) is 0 Å². The first-order valence-corrected chi connectivity index (χ1v) is 5.07. The van der Waals surface area contributed by atoms with Crippen molar-refractivity contribution in [2.75, 3.05) is 13.2 Å². The molecule has 13 heavy (non-hydrogen) atoms. The SMILES string of the molecule is CC(=O)NCC1CCCC(CO)C1. The highest BCUT2D eigenvalue weighted by atomic mass is 16.3. The molecule has 0 saturated heterocycles. The molecule has 1 amide bonds. The predicted octanol–water partition coefficient (Wildman–Crippen LogP) is 0.921. The lowest BCUT2D eigenvalue weighted by molar-refractivity contribution is -0.119. The number of rotatable bonds is 3. The van der Waals surface area contributed by atoms with E-state index in [-0.39, 0.29) is 5.91 Å². The fourth-order valence-corrected chi connectivity index (χ4v) is 2.04. The van der Waals surface area contributed by atoms with Crippen molar-refractivity contribution in [3.8, 4) is 0 Å². The zero-order chi connectivity index (χ0) is 9.68. The van der Waals surface area contributed by atoms with Crippen LogP contribution in [0.4, 0.5) is 0 Å². The summed E-state index contributed by atoms with van der Waals surface area (Å²) in [5.41, 5.74) is 0. The Balaban J connectivity index is 2.21. The number of carbonyl (C=O) groups excluding carboxylic acids is 1. The van der Waals surface area contributed by atoms with Crippen molar-refractivity contribution in [3.63, 3.8) is 0 Å². The fourth-order valence-electron chi connectivity index (χ4n) is 2.04. The molecule has 0 radical (unpaired) electrons. The molecule has 0 bridgehead atoms. The van der Waals surface area contributed by atoms with E-state index in [1.54, 1.807) is 6.92 Å². The number of aliphatic hydroxyl groups is 1. The van der Waals surface area contributed by atoms with Gasteiger partial charge >= 0.3 is 0 Å². The molecule has 0 aliphatic heterocycles. The first kappa shape index (κ1) is 10.5. The van der Waals surface area contributed by atoms with Crippen LogP contribution in [0.2, 0.25) is 0 Å². The lowest BCUT2D eigenvalue weighted by atomic mass is 9.82. The molecule has 76 valence electrons. The summed E-state index contributed by atoms with van der Waals surface area (Å²) in [5, 5.41) is 11.8. The third-order valence-electron chi connectivity index (χ3n) is 2.79. The van der Waals surface area contributed by atoms with Gasteiger partial charge in [0, 0.05) is 20.1 Å². The fraction of sp³-hybridized carbons (Fsp3) is 0.900. The Morgan fingerprint density at radius 2 is 2.15 bits per heavy atom. The van der Waals surface area contributed by atoms with Crippen LogP contribution >= 0.6 is 0 Å². The minimum Gasteiger partial charge on any atom is -0.396 e. The number of hydrogen-bond donors (Lipinski definition) is 2. The molecule has 0 aromatic rings. The molecular formula is C10H19NO2. The van der Waals surface area contributed by atoms with Gasteiger partial charge in [-0.25, -0.2) is 0 Å². The minimum absolute atomic E-state index is 0.0473. The van der Waals surface area contributed by atoms with E-state index in [2.05, 4.69) is 5.32 Å². The number of nitrogens with one attached hydrogen (secondary N) is 1. The van der Waals surface area contributed by atoms with Crippen molar-refractivity contribution < 1.29 is 9.90 Å². The molecule has 0 aromatic carbocycles. The second-order valence-electron chi connectivity index (χ2n) is 4.02. The quantitative estimate of drug-likeness (QED) is 0.687. The van der Waals surface area contributed by atoms with E-state index in [0.29, 0.717) is 18.4 Å². The van der Waals surface area contributed by atoms with E-state index in [4.69, 9.17) is 5.11 Å². The molecule has 0 heterocycles. The highest BCUT2D eigenvalue weighted by Crippen LogP contribution is 2.27. The molecule has 1 saturated carbocycles. The van der Waals surface area contributed by atoms with Gasteiger partial charge in [-0.2, -0.15) is 0 Å². The zero-order valence-electron chi connectivity index (χ0n) is 8.25. The molecule has 1 fully saturated rings. The molecule has 0 aromatic heterocycles. The van der Waals surface area contributed by atoms with Gasteiger partial charge in [-0.15, -0.1) is 0 Å². The summed E-state index contributed by atoms with van der Waals surface area (Å²) in [5.74, 6) is 1.09. The number of carbonyl (C=O) groups is 1. The summed E-state index contributed by atoms with van der Waals surface area (Å²) in [7, 11) is 0.